The van der Waals surface area contributed by atoms with Crippen molar-refractivity contribution in [1.82, 2.24) is 0 Å². The molecule has 1 aliphatic rings. The third kappa shape index (κ3) is 2.85. The largest absolute Gasteiger partial charge is 0.299 e. The summed E-state index contributed by atoms with van der Waals surface area (Å²) in [5.41, 5.74) is 1.55. The van der Waals surface area contributed by atoms with Crippen molar-refractivity contribution in [2.24, 2.45) is 11.3 Å². The Bertz CT molecular complexity index is 425. The molecule has 0 aliphatic heterocycles. The number of carbonyl (C=O) groups is 1. The molecule has 0 radical (unpaired) electrons. The molecule has 0 bridgehead atoms. The van der Waals surface area contributed by atoms with E-state index in [4.69, 9.17) is 0 Å². The Morgan fingerprint density at radius 1 is 1.50 bits per heavy atom. The molecule has 2 unspecified atom stereocenters. The number of carbonyl (C=O) groups excluding carboxylic acids is 1. The van der Waals surface area contributed by atoms with Gasteiger partial charge in [0.1, 0.15) is 5.78 Å². The molecular formula is C16H24OS. The highest BCUT2D eigenvalue weighted by atomic mass is 32.1. The topological polar surface area (TPSA) is 17.1 Å². The van der Waals surface area contributed by atoms with Gasteiger partial charge in [0.25, 0.3) is 0 Å². The van der Waals surface area contributed by atoms with Crippen LogP contribution in [0.3, 0.4) is 0 Å². The van der Waals surface area contributed by atoms with Gasteiger partial charge in [0.15, 0.2) is 0 Å². The molecule has 0 N–H and O–H groups in total. The summed E-state index contributed by atoms with van der Waals surface area (Å²) in [5, 5.41) is 2.14. The van der Waals surface area contributed by atoms with Gasteiger partial charge in [-0.3, -0.25) is 4.79 Å². The minimum Gasteiger partial charge on any atom is -0.299 e. The van der Waals surface area contributed by atoms with Gasteiger partial charge in [-0.1, -0.05) is 27.7 Å². The summed E-state index contributed by atoms with van der Waals surface area (Å²) in [4.78, 5) is 14.0. The zero-order chi connectivity index (χ0) is 13.3. The summed E-state index contributed by atoms with van der Waals surface area (Å²) in [5.74, 6) is 1.09. The number of rotatable bonds is 3. The van der Waals surface area contributed by atoms with Gasteiger partial charge in [0.2, 0.25) is 0 Å². The Morgan fingerprint density at radius 2 is 2.22 bits per heavy atom. The molecule has 18 heavy (non-hydrogen) atoms. The smallest absolute Gasteiger partial charge is 0.140 e. The van der Waals surface area contributed by atoms with Crippen molar-refractivity contribution < 1.29 is 4.79 Å². The van der Waals surface area contributed by atoms with E-state index in [0.717, 1.165) is 12.8 Å². The lowest BCUT2D eigenvalue weighted by Gasteiger charge is -2.29. The summed E-state index contributed by atoms with van der Waals surface area (Å²) >= 11 is 1.82. The molecule has 0 amide bonds. The molecule has 0 aromatic carbocycles. The van der Waals surface area contributed by atoms with Crippen LogP contribution in [0.15, 0.2) is 11.4 Å². The van der Waals surface area contributed by atoms with Crippen molar-refractivity contribution in [1.29, 1.82) is 0 Å². The molecule has 2 atom stereocenters. The van der Waals surface area contributed by atoms with Crippen LogP contribution in [0.5, 0.6) is 0 Å². The molecule has 2 heteroatoms. The summed E-state index contributed by atoms with van der Waals surface area (Å²) in [7, 11) is 0. The Labute approximate surface area is 115 Å². The van der Waals surface area contributed by atoms with E-state index >= 15 is 0 Å². The molecule has 1 aromatic rings. The summed E-state index contributed by atoms with van der Waals surface area (Å²) in [6.07, 6.45) is 4.13. The van der Waals surface area contributed by atoms with E-state index < -0.39 is 0 Å². The lowest BCUT2D eigenvalue weighted by atomic mass is 9.75. The third-order valence-corrected chi connectivity index (χ3v) is 5.42. The molecule has 0 spiro atoms. The molecule has 2 rings (SSSR count). The van der Waals surface area contributed by atoms with Crippen molar-refractivity contribution in [3.8, 4) is 0 Å². The van der Waals surface area contributed by atoms with Crippen LogP contribution in [0.4, 0.5) is 0 Å². The minimum absolute atomic E-state index is 0.185. The normalized spacial score (nSPS) is 21.4. The number of thiophene rings is 1. The van der Waals surface area contributed by atoms with Crippen LogP contribution >= 0.6 is 11.3 Å². The van der Waals surface area contributed by atoms with Crippen LogP contribution in [0, 0.1) is 11.3 Å². The second-order valence-electron chi connectivity index (χ2n) is 6.68. The Hall–Kier alpha value is -0.630. The first-order valence-corrected chi connectivity index (χ1v) is 7.86. The van der Waals surface area contributed by atoms with Gasteiger partial charge in [-0.15, -0.1) is 11.3 Å². The van der Waals surface area contributed by atoms with Crippen molar-refractivity contribution in [3.63, 3.8) is 0 Å². The van der Waals surface area contributed by atoms with E-state index in [2.05, 4.69) is 39.1 Å². The van der Waals surface area contributed by atoms with Gasteiger partial charge in [0.05, 0.1) is 0 Å². The molecule has 1 heterocycles. The second kappa shape index (κ2) is 5.16. The number of hydrogen-bond acceptors (Lipinski definition) is 2. The minimum atomic E-state index is 0.185. The maximum absolute atomic E-state index is 12.5. The average molecular weight is 264 g/mol. The van der Waals surface area contributed by atoms with Crippen LogP contribution < -0.4 is 0 Å². The van der Waals surface area contributed by atoms with Gasteiger partial charge in [-0.25, -0.2) is 0 Å². The quantitative estimate of drug-likeness (QED) is 0.765. The molecule has 0 fully saturated rings. The van der Waals surface area contributed by atoms with E-state index in [1.165, 1.54) is 23.3 Å². The highest BCUT2D eigenvalue weighted by molar-refractivity contribution is 7.10. The SMILES string of the molecule is CC(CC(=O)C1CCCc2sccc21)C(C)(C)C. The molecular weight excluding hydrogens is 240 g/mol. The summed E-state index contributed by atoms with van der Waals surface area (Å²) in [6.45, 7) is 8.88. The van der Waals surface area contributed by atoms with E-state index in [1.807, 2.05) is 11.3 Å². The summed E-state index contributed by atoms with van der Waals surface area (Å²) in [6, 6.07) is 2.17. The monoisotopic (exact) mass is 264 g/mol. The van der Waals surface area contributed by atoms with Gasteiger partial charge >= 0.3 is 0 Å². The Morgan fingerprint density at radius 3 is 2.89 bits per heavy atom. The Kier molecular flexibility index (Phi) is 3.96. The first-order chi connectivity index (χ1) is 8.39. The first kappa shape index (κ1) is 13.8. The number of fused-ring (bicyclic) bond motifs is 1. The van der Waals surface area contributed by atoms with Gasteiger partial charge in [-0.2, -0.15) is 0 Å². The molecule has 1 aliphatic carbocycles. The number of ketones is 1. The fraction of sp³-hybridized carbons (Fsp3) is 0.688. The van der Waals surface area contributed by atoms with E-state index in [9.17, 15) is 4.79 Å². The highest BCUT2D eigenvalue weighted by Crippen LogP contribution is 2.38. The van der Waals surface area contributed by atoms with Gasteiger partial charge < -0.3 is 0 Å². The molecule has 0 saturated heterocycles. The average Bonchev–Trinajstić information content (AvgIpc) is 2.74. The molecule has 1 aromatic heterocycles. The van der Waals surface area contributed by atoms with Crippen molar-refractivity contribution in [2.75, 3.05) is 0 Å². The predicted octanol–water partition coefficient (Wildman–Crippen LogP) is 4.81. The first-order valence-electron chi connectivity index (χ1n) is 6.98. The van der Waals surface area contributed by atoms with E-state index in [-0.39, 0.29) is 11.3 Å². The maximum atomic E-state index is 12.5. The second-order valence-corrected chi connectivity index (χ2v) is 7.68. The van der Waals surface area contributed by atoms with E-state index in [0.29, 0.717) is 11.7 Å². The maximum Gasteiger partial charge on any atom is 0.140 e. The van der Waals surface area contributed by atoms with Crippen molar-refractivity contribution in [2.45, 2.75) is 59.3 Å². The number of aryl methyl sites for hydroxylation is 1. The fourth-order valence-corrected chi connectivity index (χ4v) is 3.56. The zero-order valence-corrected chi connectivity index (χ0v) is 12.8. The van der Waals surface area contributed by atoms with Crippen molar-refractivity contribution in [3.05, 3.63) is 21.9 Å². The van der Waals surface area contributed by atoms with E-state index in [1.54, 1.807) is 0 Å². The van der Waals surface area contributed by atoms with Gasteiger partial charge in [0, 0.05) is 17.2 Å². The Balaban J connectivity index is 2.08. The molecule has 100 valence electrons. The standard InChI is InChI=1S/C16H24OS/c1-11(16(2,3)4)10-14(17)12-6-5-7-15-13(12)8-9-18-15/h8-9,11-12H,5-7,10H2,1-4H3. The molecule has 0 saturated carbocycles. The number of hydrogen-bond donors (Lipinski definition) is 0. The van der Waals surface area contributed by atoms with Crippen LogP contribution in [0.25, 0.3) is 0 Å². The number of Topliss-reactive ketones (excluding diaryl/α,β-unsaturated/α-hetero) is 1. The third-order valence-electron chi connectivity index (χ3n) is 4.43. The lowest BCUT2D eigenvalue weighted by Crippen LogP contribution is -2.25. The van der Waals surface area contributed by atoms with Crippen LogP contribution in [0.2, 0.25) is 0 Å². The van der Waals surface area contributed by atoms with Gasteiger partial charge in [-0.05, 0) is 47.6 Å². The lowest BCUT2D eigenvalue weighted by molar-refractivity contribution is -0.122. The highest BCUT2D eigenvalue weighted by Gasteiger charge is 2.30. The van der Waals surface area contributed by atoms with Crippen LogP contribution in [0.1, 0.15) is 63.3 Å². The van der Waals surface area contributed by atoms with Crippen molar-refractivity contribution >= 4 is 17.1 Å². The van der Waals surface area contributed by atoms with Crippen LogP contribution in [-0.4, -0.2) is 5.78 Å². The molecule has 1 nitrogen and oxygen atoms in total. The zero-order valence-electron chi connectivity index (χ0n) is 12.0. The summed E-state index contributed by atoms with van der Waals surface area (Å²) < 4.78 is 0. The predicted molar refractivity (Wildman–Crippen MR) is 78.2 cm³/mol. The van der Waals surface area contributed by atoms with Crippen LogP contribution in [-0.2, 0) is 11.2 Å². The fourth-order valence-electron chi connectivity index (χ4n) is 2.57.